The van der Waals surface area contributed by atoms with Gasteiger partial charge in [-0.25, -0.2) is 0 Å². The van der Waals surface area contributed by atoms with Gasteiger partial charge >= 0.3 is 0 Å². The first kappa shape index (κ1) is 8.78. The maximum Gasteiger partial charge on any atom is 0.0476 e. The summed E-state index contributed by atoms with van der Waals surface area (Å²) in [6, 6.07) is 4.39. The normalized spacial score (nSPS) is 10.3. The van der Waals surface area contributed by atoms with Crippen LogP contribution in [0, 0.1) is 0 Å². The van der Waals surface area contributed by atoms with E-state index in [2.05, 4.69) is 47.3 Å². The predicted octanol–water partition coefficient (Wildman–Crippen LogP) is 3.54. The van der Waals surface area contributed by atoms with E-state index in [1.807, 2.05) is 0 Å². The van der Waals surface area contributed by atoms with E-state index >= 15 is 0 Å². The van der Waals surface area contributed by atoms with Crippen molar-refractivity contribution in [3.05, 3.63) is 28.3 Å². The van der Waals surface area contributed by atoms with E-state index in [0.717, 1.165) is 0 Å². The number of anilines is 1. The van der Waals surface area contributed by atoms with Gasteiger partial charge in [0, 0.05) is 35.6 Å². The lowest BCUT2D eigenvalue weighted by atomic mass is 10.3. The molecule has 3 heteroatoms. The summed E-state index contributed by atoms with van der Waals surface area (Å²) in [5, 5.41) is 6.49. The van der Waals surface area contributed by atoms with Crippen molar-refractivity contribution in [1.82, 2.24) is 0 Å². The lowest BCUT2D eigenvalue weighted by Gasteiger charge is -2.07. The van der Waals surface area contributed by atoms with Gasteiger partial charge in [0.25, 0.3) is 0 Å². The topological polar surface area (TPSA) is 3.24 Å². The van der Waals surface area contributed by atoms with Gasteiger partial charge in [0.1, 0.15) is 0 Å². The quantitative estimate of drug-likeness (QED) is 0.731. The highest BCUT2D eigenvalue weighted by atomic mass is 32.1. The van der Waals surface area contributed by atoms with Gasteiger partial charge in [-0.1, -0.05) is 0 Å². The molecule has 68 valence electrons. The summed E-state index contributed by atoms with van der Waals surface area (Å²) in [5.74, 6) is 0. The largest absolute Gasteiger partial charge is 0.377 e. The van der Waals surface area contributed by atoms with Gasteiger partial charge in [-0.2, -0.15) is 11.3 Å². The lowest BCUT2D eigenvalue weighted by molar-refractivity contribution is 1.14. The van der Waals surface area contributed by atoms with Gasteiger partial charge in [-0.15, -0.1) is 11.3 Å². The van der Waals surface area contributed by atoms with Crippen LogP contribution in [-0.4, -0.2) is 14.1 Å². The van der Waals surface area contributed by atoms with Crippen LogP contribution in [0.1, 0.15) is 0 Å². The highest BCUT2D eigenvalue weighted by Crippen LogP contribution is 2.31. The molecule has 2 aromatic rings. The molecule has 0 atom stereocenters. The Kier molecular flexibility index (Phi) is 2.38. The van der Waals surface area contributed by atoms with E-state index in [4.69, 9.17) is 0 Å². The van der Waals surface area contributed by atoms with Crippen LogP contribution in [0.25, 0.3) is 10.4 Å². The van der Waals surface area contributed by atoms with Crippen molar-refractivity contribution >= 4 is 28.4 Å². The van der Waals surface area contributed by atoms with Gasteiger partial charge in [-0.3, -0.25) is 0 Å². The summed E-state index contributed by atoms with van der Waals surface area (Å²) in [6.45, 7) is 0. The van der Waals surface area contributed by atoms with Gasteiger partial charge in [-0.05, 0) is 22.9 Å². The number of nitrogens with zero attached hydrogens (tertiary/aromatic N) is 1. The molecule has 0 unspecified atom stereocenters. The zero-order valence-electron chi connectivity index (χ0n) is 7.65. The Labute approximate surface area is 86.3 Å². The summed E-state index contributed by atoms with van der Waals surface area (Å²) in [6.07, 6.45) is 0. The van der Waals surface area contributed by atoms with Gasteiger partial charge < -0.3 is 4.90 Å². The smallest absolute Gasteiger partial charge is 0.0476 e. The molecule has 0 amide bonds. The molecule has 0 bridgehead atoms. The average Bonchev–Trinajstić information content (AvgIpc) is 2.75. The van der Waals surface area contributed by atoms with Crippen LogP contribution in [0.2, 0.25) is 0 Å². The van der Waals surface area contributed by atoms with Crippen LogP contribution in [0.4, 0.5) is 5.69 Å². The van der Waals surface area contributed by atoms with E-state index in [0.29, 0.717) is 0 Å². The zero-order chi connectivity index (χ0) is 9.26. The third-order valence-electron chi connectivity index (χ3n) is 1.91. The maximum atomic E-state index is 2.23. The Morgan fingerprint density at radius 1 is 1.23 bits per heavy atom. The number of thiophene rings is 2. The fourth-order valence-electron chi connectivity index (χ4n) is 1.12. The van der Waals surface area contributed by atoms with Crippen LogP contribution < -0.4 is 4.90 Å². The highest BCUT2D eigenvalue weighted by molar-refractivity contribution is 7.14. The molecule has 0 aliphatic carbocycles. The molecule has 2 heterocycles. The molecule has 0 N–H and O–H groups in total. The number of hydrogen-bond donors (Lipinski definition) is 0. The Morgan fingerprint density at radius 3 is 2.62 bits per heavy atom. The molecule has 2 aromatic heterocycles. The summed E-state index contributed by atoms with van der Waals surface area (Å²) in [7, 11) is 4.14. The molecular weight excluding hydrogens is 198 g/mol. The van der Waals surface area contributed by atoms with E-state index in [9.17, 15) is 0 Å². The van der Waals surface area contributed by atoms with Crippen LogP contribution in [-0.2, 0) is 0 Å². The predicted molar refractivity (Wildman–Crippen MR) is 62.0 cm³/mol. The van der Waals surface area contributed by atoms with Crippen LogP contribution >= 0.6 is 22.7 Å². The molecular formula is C10H11NS2. The molecule has 13 heavy (non-hydrogen) atoms. The van der Waals surface area contributed by atoms with E-state index in [-0.39, 0.29) is 0 Å². The van der Waals surface area contributed by atoms with Gasteiger partial charge in [0.2, 0.25) is 0 Å². The fourth-order valence-corrected chi connectivity index (χ4v) is 2.83. The molecule has 0 fully saturated rings. The van der Waals surface area contributed by atoms with Crippen LogP contribution in [0.3, 0.4) is 0 Å². The first-order valence-electron chi connectivity index (χ1n) is 4.06. The second kappa shape index (κ2) is 3.52. The molecule has 0 spiro atoms. The molecule has 0 saturated heterocycles. The van der Waals surface area contributed by atoms with Gasteiger partial charge in [0.05, 0.1) is 0 Å². The third-order valence-corrected chi connectivity index (χ3v) is 3.56. The van der Waals surface area contributed by atoms with Crippen molar-refractivity contribution in [2.45, 2.75) is 0 Å². The zero-order valence-corrected chi connectivity index (χ0v) is 9.28. The Hall–Kier alpha value is -0.800. The van der Waals surface area contributed by atoms with E-state index in [1.54, 1.807) is 22.7 Å². The second-order valence-electron chi connectivity index (χ2n) is 3.08. The molecule has 0 saturated carbocycles. The minimum Gasteiger partial charge on any atom is -0.377 e. The van der Waals surface area contributed by atoms with E-state index < -0.39 is 0 Å². The van der Waals surface area contributed by atoms with Crippen molar-refractivity contribution in [2.75, 3.05) is 19.0 Å². The molecule has 1 nitrogen and oxygen atoms in total. The molecule has 0 radical (unpaired) electrons. The Bertz CT molecular complexity index is 373. The molecule has 0 aromatic carbocycles. The SMILES string of the molecule is CN(C)c1csc(-c2ccsc2)c1. The molecule has 0 aliphatic heterocycles. The monoisotopic (exact) mass is 209 g/mol. The Balaban J connectivity index is 2.33. The molecule has 2 rings (SSSR count). The highest BCUT2D eigenvalue weighted by Gasteiger charge is 2.03. The fraction of sp³-hybridized carbons (Fsp3) is 0.200. The van der Waals surface area contributed by atoms with Crippen LogP contribution in [0.15, 0.2) is 28.3 Å². The first-order valence-corrected chi connectivity index (χ1v) is 5.88. The average molecular weight is 209 g/mol. The van der Waals surface area contributed by atoms with Crippen LogP contribution in [0.5, 0.6) is 0 Å². The summed E-state index contributed by atoms with van der Waals surface area (Å²) in [4.78, 5) is 3.48. The van der Waals surface area contributed by atoms with E-state index in [1.165, 1.54) is 16.1 Å². The number of rotatable bonds is 2. The summed E-state index contributed by atoms with van der Waals surface area (Å²) < 4.78 is 0. The first-order chi connectivity index (χ1) is 6.27. The van der Waals surface area contributed by atoms with Crippen molar-refractivity contribution < 1.29 is 0 Å². The second-order valence-corrected chi connectivity index (χ2v) is 4.77. The Morgan fingerprint density at radius 2 is 2.08 bits per heavy atom. The van der Waals surface area contributed by atoms with Gasteiger partial charge in [0.15, 0.2) is 0 Å². The van der Waals surface area contributed by atoms with Crippen molar-refractivity contribution in [2.24, 2.45) is 0 Å². The third kappa shape index (κ3) is 1.76. The minimum atomic E-state index is 1.28. The van der Waals surface area contributed by atoms with Crippen molar-refractivity contribution in [1.29, 1.82) is 0 Å². The lowest BCUT2D eigenvalue weighted by Crippen LogP contribution is -2.06. The molecule has 0 aliphatic rings. The minimum absolute atomic E-state index is 1.28. The van der Waals surface area contributed by atoms with Crippen molar-refractivity contribution in [3.8, 4) is 10.4 Å². The summed E-state index contributed by atoms with van der Waals surface area (Å²) in [5.41, 5.74) is 2.62. The number of hydrogen-bond acceptors (Lipinski definition) is 3. The summed E-state index contributed by atoms with van der Waals surface area (Å²) >= 11 is 3.55. The standard InChI is InChI=1S/C10H11NS2/c1-11(2)9-5-10(13-7-9)8-3-4-12-6-8/h3-7H,1-2H3. The van der Waals surface area contributed by atoms with Crippen molar-refractivity contribution in [3.63, 3.8) is 0 Å². The maximum absolute atomic E-state index is 2.23.